The van der Waals surface area contributed by atoms with E-state index >= 15 is 0 Å². The van der Waals surface area contributed by atoms with Crippen LogP contribution in [0.1, 0.15) is 12.6 Å². The molecule has 0 aliphatic carbocycles. The number of rotatable bonds is 4. The topological polar surface area (TPSA) is 43.6 Å². The zero-order chi connectivity index (χ0) is 14.1. The molecule has 0 bridgehead atoms. The summed E-state index contributed by atoms with van der Waals surface area (Å²) in [6, 6.07) is 2.04. The number of nitrogens with zero attached hydrogens (tertiary/aromatic N) is 2. The molecule has 0 atom stereocenters. The number of fused-ring (bicyclic) bond motifs is 1. The van der Waals surface area contributed by atoms with Gasteiger partial charge < -0.3 is 4.74 Å². The SMILES string of the molecule is CCOC(=O)Cc1csc2nc(-c3cc(Br)cs3)cn12. The lowest BCUT2D eigenvalue weighted by Gasteiger charge is -2.00. The van der Waals surface area contributed by atoms with Crippen LogP contribution in [0.4, 0.5) is 0 Å². The number of hydrogen-bond donors (Lipinski definition) is 0. The Labute approximate surface area is 132 Å². The number of imidazole rings is 1. The molecule has 3 heterocycles. The summed E-state index contributed by atoms with van der Waals surface area (Å²) in [5.74, 6) is -0.207. The van der Waals surface area contributed by atoms with Crippen LogP contribution in [-0.2, 0) is 16.0 Å². The lowest BCUT2D eigenvalue weighted by Crippen LogP contribution is -2.08. The number of carbonyl (C=O) groups is 1. The van der Waals surface area contributed by atoms with Gasteiger partial charge in [-0.05, 0) is 28.9 Å². The van der Waals surface area contributed by atoms with Crippen LogP contribution in [0.5, 0.6) is 0 Å². The maximum Gasteiger partial charge on any atom is 0.311 e. The molecule has 0 aliphatic rings. The standard InChI is InChI=1S/C13H11BrN2O2S2/c1-2-18-12(17)4-9-7-20-13-15-10(5-16(9)13)11-3-8(14)6-19-11/h3,5-7H,2,4H2,1H3. The monoisotopic (exact) mass is 370 g/mol. The third-order valence-corrected chi connectivity index (χ3v) is 5.34. The molecular weight excluding hydrogens is 360 g/mol. The first-order valence-electron chi connectivity index (χ1n) is 6.03. The highest BCUT2D eigenvalue weighted by Gasteiger charge is 2.13. The van der Waals surface area contributed by atoms with E-state index in [0.717, 1.165) is 25.7 Å². The lowest BCUT2D eigenvalue weighted by molar-refractivity contribution is -0.142. The van der Waals surface area contributed by atoms with Gasteiger partial charge in [0.25, 0.3) is 0 Å². The van der Waals surface area contributed by atoms with E-state index in [0.29, 0.717) is 6.61 Å². The van der Waals surface area contributed by atoms with Crippen molar-refractivity contribution in [2.45, 2.75) is 13.3 Å². The van der Waals surface area contributed by atoms with Gasteiger partial charge in [-0.3, -0.25) is 9.20 Å². The third kappa shape index (κ3) is 2.65. The van der Waals surface area contributed by atoms with Crippen molar-refractivity contribution in [2.24, 2.45) is 0 Å². The van der Waals surface area contributed by atoms with E-state index in [-0.39, 0.29) is 12.4 Å². The van der Waals surface area contributed by atoms with Crippen LogP contribution in [0.2, 0.25) is 0 Å². The molecule has 0 unspecified atom stereocenters. The molecule has 4 nitrogen and oxygen atoms in total. The summed E-state index contributed by atoms with van der Waals surface area (Å²) >= 11 is 6.62. The van der Waals surface area contributed by atoms with E-state index in [2.05, 4.69) is 20.9 Å². The summed E-state index contributed by atoms with van der Waals surface area (Å²) in [6.45, 7) is 2.22. The van der Waals surface area contributed by atoms with E-state index < -0.39 is 0 Å². The molecule has 20 heavy (non-hydrogen) atoms. The zero-order valence-corrected chi connectivity index (χ0v) is 13.8. The van der Waals surface area contributed by atoms with E-state index in [9.17, 15) is 4.79 Å². The summed E-state index contributed by atoms with van der Waals surface area (Å²) in [5, 5.41) is 3.98. The van der Waals surface area contributed by atoms with Crippen LogP contribution in [0, 0.1) is 0 Å². The van der Waals surface area contributed by atoms with Crippen LogP contribution < -0.4 is 0 Å². The number of esters is 1. The molecule has 3 rings (SSSR count). The first-order valence-corrected chi connectivity index (χ1v) is 8.58. The Hall–Kier alpha value is -1.18. The van der Waals surface area contributed by atoms with Gasteiger partial charge >= 0.3 is 5.97 Å². The fourth-order valence-corrected chi connectivity index (χ4v) is 4.14. The largest absolute Gasteiger partial charge is 0.466 e. The number of thiazole rings is 1. The molecular formula is C13H11BrN2O2S2. The third-order valence-electron chi connectivity index (χ3n) is 2.73. The van der Waals surface area contributed by atoms with Crippen LogP contribution >= 0.6 is 38.6 Å². The second kappa shape index (κ2) is 5.67. The molecule has 0 spiro atoms. The van der Waals surface area contributed by atoms with Gasteiger partial charge in [0.15, 0.2) is 4.96 Å². The molecule has 0 saturated heterocycles. The summed E-state index contributed by atoms with van der Waals surface area (Å²) in [4.78, 5) is 18.2. The quantitative estimate of drug-likeness (QED) is 0.652. The first kappa shape index (κ1) is 13.8. The van der Waals surface area contributed by atoms with Crippen LogP contribution in [0.25, 0.3) is 15.5 Å². The predicted octanol–water partition coefficient (Wildman–Crippen LogP) is 3.99. The van der Waals surface area contributed by atoms with Crippen molar-refractivity contribution in [3.05, 3.63) is 33.2 Å². The molecule has 0 aliphatic heterocycles. The Morgan fingerprint density at radius 2 is 2.30 bits per heavy atom. The summed E-state index contributed by atoms with van der Waals surface area (Å²) < 4.78 is 8.01. The van der Waals surface area contributed by atoms with Crippen molar-refractivity contribution in [2.75, 3.05) is 6.61 Å². The Morgan fingerprint density at radius 3 is 3.00 bits per heavy atom. The Balaban J connectivity index is 1.92. The van der Waals surface area contributed by atoms with Gasteiger partial charge in [-0.15, -0.1) is 22.7 Å². The van der Waals surface area contributed by atoms with Gasteiger partial charge in [0, 0.05) is 27.1 Å². The van der Waals surface area contributed by atoms with Crippen molar-refractivity contribution >= 4 is 49.5 Å². The minimum Gasteiger partial charge on any atom is -0.466 e. The lowest BCUT2D eigenvalue weighted by atomic mass is 10.3. The molecule has 3 aromatic rings. The number of hydrogen-bond acceptors (Lipinski definition) is 5. The van der Waals surface area contributed by atoms with Gasteiger partial charge in [0.1, 0.15) is 5.69 Å². The fourth-order valence-electron chi connectivity index (χ4n) is 1.88. The molecule has 0 radical (unpaired) electrons. The zero-order valence-electron chi connectivity index (χ0n) is 10.6. The predicted molar refractivity (Wildman–Crippen MR) is 84.4 cm³/mol. The van der Waals surface area contributed by atoms with Crippen molar-refractivity contribution in [3.8, 4) is 10.6 Å². The maximum absolute atomic E-state index is 11.6. The van der Waals surface area contributed by atoms with Crippen molar-refractivity contribution < 1.29 is 9.53 Å². The minimum atomic E-state index is -0.207. The average molecular weight is 371 g/mol. The highest BCUT2D eigenvalue weighted by atomic mass is 79.9. The van der Waals surface area contributed by atoms with Crippen molar-refractivity contribution in [1.29, 1.82) is 0 Å². The van der Waals surface area contributed by atoms with E-state index in [1.807, 2.05) is 34.3 Å². The van der Waals surface area contributed by atoms with E-state index in [1.165, 1.54) is 11.3 Å². The summed E-state index contributed by atoms with van der Waals surface area (Å²) in [6.07, 6.45) is 2.25. The summed E-state index contributed by atoms with van der Waals surface area (Å²) in [5.41, 5.74) is 1.84. The molecule has 3 aromatic heterocycles. The number of carbonyl (C=O) groups excluding carboxylic acids is 1. The van der Waals surface area contributed by atoms with E-state index in [1.54, 1.807) is 11.3 Å². The van der Waals surface area contributed by atoms with Gasteiger partial charge in [0.2, 0.25) is 0 Å². The molecule has 0 N–H and O–H groups in total. The van der Waals surface area contributed by atoms with Gasteiger partial charge in [-0.25, -0.2) is 4.98 Å². The van der Waals surface area contributed by atoms with E-state index in [4.69, 9.17) is 4.74 Å². The van der Waals surface area contributed by atoms with Crippen LogP contribution in [0.3, 0.4) is 0 Å². The molecule has 7 heteroatoms. The number of aromatic nitrogens is 2. The highest BCUT2D eigenvalue weighted by molar-refractivity contribution is 9.10. The van der Waals surface area contributed by atoms with Gasteiger partial charge in [-0.2, -0.15) is 0 Å². The molecule has 0 aromatic carbocycles. The normalized spacial score (nSPS) is 11.1. The summed E-state index contributed by atoms with van der Waals surface area (Å²) in [7, 11) is 0. The number of ether oxygens (including phenoxy) is 1. The van der Waals surface area contributed by atoms with Gasteiger partial charge in [0.05, 0.1) is 17.9 Å². The van der Waals surface area contributed by atoms with Crippen LogP contribution in [0.15, 0.2) is 27.5 Å². The average Bonchev–Trinajstić information content (AvgIpc) is 3.06. The minimum absolute atomic E-state index is 0.207. The maximum atomic E-state index is 11.6. The first-order chi connectivity index (χ1) is 9.67. The Bertz CT molecular complexity index is 759. The Morgan fingerprint density at radius 1 is 1.45 bits per heavy atom. The number of halogens is 1. The van der Waals surface area contributed by atoms with Crippen LogP contribution in [-0.4, -0.2) is 22.0 Å². The van der Waals surface area contributed by atoms with Gasteiger partial charge in [-0.1, -0.05) is 0 Å². The van der Waals surface area contributed by atoms with Crippen molar-refractivity contribution in [3.63, 3.8) is 0 Å². The highest BCUT2D eigenvalue weighted by Crippen LogP contribution is 2.30. The Kier molecular flexibility index (Phi) is 3.91. The van der Waals surface area contributed by atoms with Crippen molar-refractivity contribution in [1.82, 2.24) is 9.38 Å². The number of thiophene rings is 1. The molecule has 104 valence electrons. The second-order valence-corrected chi connectivity index (χ2v) is 6.78. The second-order valence-electron chi connectivity index (χ2n) is 4.12. The smallest absolute Gasteiger partial charge is 0.311 e. The molecule has 0 saturated carbocycles. The molecule has 0 fully saturated rings. The fraction of sp³-hybridized carbons (Fsp3) is 0.231. The molecule has 0 amide bonds.